The zero-order chi connectivity index (χ0) is 15.4. The Hall–Kier alpha value is -1.84. The Labute approximate surface area is 130 Å². The molecule has 1 aromatic carbocycles. The van der Waals surface area contributed by atoms with Gasteiger partial charge in [-0.05, 0) is 18.6 Å². The van der Waals surface area contributed by atoms with E-state index in [2.05, 4.69) is 9.97 Å². The van der Waals surface area contributed by atoms with Crippen LogP contribution < -0.4 is 5.56 Å². The standard InChI is InChI=1S/C14H11ClFN3OS/c1-2-12-8(6-17)13(20)19-14(18-12)21-7-9-10(15)4-3-5-11(9)16/h3-5H,2,7H2,1H3,(H,18,19,20). The summed E-state index contributed by atoms with van der Waals surface area (Å²) >= 11 is 7.11. The number of nitrogens with one attached hydrogen (secondary N) is 1. The van der Waals surface area contributed by atoms with Gasteiger partial charge in [0.2, 0.25) is 0 Å². The Balaban J connectivity index is 2.28. The number of nitrogens with zero attached hydrogens (tertiary/aromatic N) is 2. The van der Waals surface area contributed by atoms with Crippen molar-refractivity contribution in [2.45, 2.75) is 24.3 Å². The van der Waals surface area contributed by atoms with Crippen molar-refractivity contribution in [1.29, 1.82) is 5.26 Å². The van der Waals surface area contributed by atoms with Crippen LogP contribution in [0.2, 0.25) is 5.02 Å². The quantitative estimate of drug-likeness (QED) is 0.692. The molecule has 0 amide bonds. The Kier molecular flexibility index (Phi) is 4.99. The van der Waals surface area contributed by atoms with Gasteiger partial charge >= 0.3 is 0 Å². The normalized spacial score (nSPS) is 10.4. The molecule has 0 aliphatic rings. The highest BCUT2D eigenvalue weighted by molar-refractivity contribution is 7.98. The van der Waals surface area contributed by atoms with Crippen molar-refractivity contribution in [3.05, 3.63) is 56.2 Å². The van der Waals surface area contributed by atoms with Crippen LogP contribution in [0.15, 0.2) is 28.2 Å². The third-order valence-electron chi connectivity index (χ3n) is 2.83. The summed E-state index contributed by atoms with van der Waals surface area (Å²) in [7, 11) is 0. The Bertz CT molecular complexity index is 750. The summed E-state index contributed by atoms with van der Waals surface area (Å²) in [5, 5.41) is 9.59. The van der Waals surface area contributed by atoms with Gasteiger partial charge in [-0.1, -0.05) is 36.4 Å². The van der Waals surface area contributed by atoms with Crippen LogP contribution >= 0.6 is 23.4 Å². The minimum atomic E-state index is -0.480. The first-order valence-corrected chi connectivity index (χ1v) is 7.52. The van der Waals surface area contributed by atoms with E-state index in [9.17, 15) is 9.18 Å². The second-order valence-electron chi connectivity index (χ2n) is 4.15. The maximum Gasteiger partial charge on any atom is 0.269 e. The number of aryl methyl sites for hydroxylation is 1. The zero-order valence-corrected chi connectivity index (χ0v) is 12.7. The summed E-state index contributed by atoms with van der Waals surface area (Å²) in [5.41, 5.74) is 0.329. The van der Waals surface area contributed by atoms with Gasteiger partial charge in [0.15, 0.2) is 5.16 Å². The van der Waals surface area contributed by atoms with Crippen LogP contribution in [0, 0.1) is 17.1 Å². The van der Waals surface area contributed by atoms with Gasteiger partial charge in [-0.15, -0.1) is 0 Å². The molecule has 0 atom stereocenters. The molecule has 4 nitrogen and oxygen atoms in total. The molecular formula is C14H11ClFN3OS. The molecule has 0 saturated heterocycles. The third-order valence-corrected chi connectivity index (χ3v) is 4.09. The molecule has 0 aliphatic heterocycles. The number of thioether (sulfide) groups is 1. The first-order valence-electron chi connectivity index (χ1n) is 6.15. The summed E-state index contributed by atoms with van der Waals surface area (Å²) in [6.45, 7) is 1.81. The molecule has 108 valence electrons. The highest BCUT2D eigenvalue weighted by atomic mass is 35.5. The molecule has 0 fully saturated rings. The van der Waals surface area contributed by atoms with Gasteiger partial charge in [0.1, 0.15) is 17.4 Å². The molecule has 0 radical (unpaired) electrons. The summed E-state index contributed by atoms with van der Waals surface area (Å²) in [6.07, 6.45) is 0.473. The average molecular weight is 324 g/mol. The van der Waals surface area contributed by atoms with Crippen LogP contribution in [0.4, 0.5) is 4.39 Å². The largest absolute Gasteiger partial charge is 0.300 e. The Morgan fingerprint density at radius 1 is 1.52 bits per heavy atom. The molecule has 1 N–H and O–H groups in total. The molecule has 0 bridgehead atoms. The van der Waals surface area contributed by atoms with E-state index in [0.29, 0.717) is 27.9 Å². The van der Waals surface area contributed by atoms with Crippen molar-refractivity contribution in [1.82, 2.24) is 9.97 Å². The topological polar surface area (TPSA) is 69.5 Å². The number of aromatic nitrogens is 2. The van der Waals surface area contributed by atoms with E-state index in [1.165, 1.54) is 12.1 Å². The molecule has 1 aromatic heterocycles. The van der Waals surface area contributed by atoms with Gasteiger partial charge in [0.25, 0.3) is 5.56 Å². The fraction of sp³-hybridized carbons (Fsp3) is 0.214. The van der Waals surface area contributed by atoms with Gasteiger partial charge in [0, 0.05) is 16.3 Å². The predicted octanol–water partition coefficient (Wildman–Crippen LogP) is 3.29. The van der Waals surface area contributed by atoms with E-state index in [-0.39, 0.29) is 11.3 Å². The van der Waals surface area contributed by atoms with Crippen molar-refractivity contribution in [2.24, 2.45) is 0 Å². The van der Waals surface area contributed by atoms with Crippen molar-refractivity contribution in [2.75, 3.05) is 0 Å². The number of benzene rings is 1. The number of nitriles is 1. The lowest BCUT2D eigenvalue weighted by atomic mass is 10.2. The van der Waals surface area contributed by atoms with E-state index in [1.807, 2.05) is 13.0 Å². The van der Waals surface area contributed by atoms with Gasteiger partial charge in [-0.25, -0.2) is 9.37 Å². The maximum atomic E-state index is 13.7. The van der Waals surface area contributed by atoms with Crippen LogP contribution in [-0.4, -0.2) is 9.97 Å². The highest BCUT2D eigenvalue weighted by Gasteiger charge is 2.12. The minimum absolute atomic E-state index is 0.0192. The van der Waals surface area contributed by atoms with Crippen LogP contribution in [0.5, 0.6) is 0 Å². The molecule has 2 rings (SSSR count). The van der Waals surface area contributed by atoms with Crippen molar-refractivity contribution < 1.29 is 4.39 Å². The number of halogens is 2. The first-order chi connectivity index (χ1) is 10.1. The van der Waals surface area contributed by atoms with Crippen LogP contribution in [0.25, 0.3) is 0 Å². The van der Waals surface area contributed by atoms with E-state index in [1.54, 1.807) is 6.07 Å². The molecular weight excluding hydrogens is 313 g/mol. The van der Waals surface area contributed by atoms with Crippen LogP contribution in [-0.2, 0) is 12.2 Å². The smallest absolute Gasteiger partial charge is 0.269 e. The molecule has 0 aliphatic carbocycles. The van der Waals surface area contributed by atoms with Gasteiger partial charge in [-0.3, -0.25) is 4.79 Å². The van der Waals surface area contributed by atoms with Crippen molar-refractivity contribution in [3.8, 4) is 6.07 Å². The number of hydrogen-bond acceptors (Lipinski definition) is 4. The molecule has 21 heavy (non-hydrogen) atoms. The lowest BCUT2D eigenvalue weighted by molar-refractivity contribution is 0.617. The molecule has 7 heteroatoms. The Morgan fingerprint density at radius 3 is 2.90 bits per heavy atom. The summed E-state index contributed by atoms with van der Waals surface area (Å²) in [6, 6.07) is 6.30. The minimum Gasteiger partial charge on any atom is -0.300 e. The number of rotatable bonds is 4. The van der Waals surface area contributed by atoms with Crippen molar-refractivity contribution in [3.63, 3.8) is 0 Å². The Morgan fingerprint density at radius 2 is 2.29 bits per heavy atom. The van der Waals surface area contributed by atoms with Gasteiger partial charge in [0.05, 0.1) is 5.69 Å². The van der Waals surface area contributed by atoms with Crippen LogP contribution in [0.3, 0.4) is 0 Å². The third kappa shape index (κ3) is 3.43. The molecule has 1 heterocycles. The van der Waals surface area contributed by atoms with E-state index in [4.69, 9.17) is 16.9 Å². The number of aromatic amines is 1. The molecule has 2 aromatic rings. The summed E-state index contributed by atoms with van der Waals surface area (Å²) in [5.74, 6) is -0.162. The van der Waals surface area contributed by atoms with Gasteiger partial charge < -0.3 is 4.98 Å². The lowest BCUT2D eigenvalue weighted by Crippen LogP contribution is -2.16. The fourth-order valence-corrected chi connectivity index (χ4v) is 2.97. The second kappa shape index (κ2) is 6.74. The lowest BCUT2D eigenvalue weighted by Gasteiger charge is -2.06. The molecule has 0 spiro atoms. The zero-order valence-electron chi connectivity index (χ0n) is 11.1. The highest BCUT2D eigenvalue weighted by Crippen LogP contribution is 2.26. The predicted molar refractivity (Wildman–Crippen MR) is 79.9 cm³/mol. The summed E-state index contributed by atoms with van der Waals surface area (Å²) in [4.78, 5) is 18.5. The summed E-state index contributed by atoms with van der Waals surface area (Å²) < 4.78 is 13.7. The molecule has 0 saturated carbocycles. The first kappa shape index (κ1) is 15.5. The van der Waals surface area contributed by atoms with Crippen molar-refractivity contribution >= 4 is 23.4 Å². The second-order valence-corrected chi connectivity index (χ2v) is 5.52. The number of H-pyrrole nitrogens is 1. The average Bonchev–Trinajstić information content (AvgIpc) is 2.46. The van der Waals surface area contributed by atoms with Gasteiger partial charge in [-0.2, -0.15) is 5.26 Å². The monoisotopic (exact) mass is 323 g/mol. The molecule has 0 unspecified atom stereocenters. The van der Waals surface area contributed by atoms with E-state index in [0.717, 1.165) is 11.8 Å². The number of hydrogen-bond donors (Lipinski definition) is 1. The maximum absolute atomic E-state index is 13.7. The SMILES string of the molecule is CCc1nc(SCc2c(F)cccc2Cl)[nH]c(=O)c1C#N. The van der Waals surface area contributed by atoms with Crippen LogP contribution in [0.1, 0.15) is 23.7 Å². The van der Waals surface area contributed by atoms with E-state index >= 15 is 0 Å². The van der Waals surface area contributed by atoms with E-state index < -0.39 is 11.4 Å². The fourth-order valence-electron chi connectivity index (χ4n) is 1.75.